The lowest BCUT2D eigenvalue weighted by Gasteiger charge is -2.10. The topological polar surface area (TPSA) is 145 Å². The number of phenolic OH excluding ortho intramolecular Hbond substituents is 3. The maximum absolute atomic E-state index is 11.3. The molecule has 2 aromatic rings. The minimum Gasteiger partial charge on any atom is -0.508 e. The zero-order chi connectivity index (χ0) is 22.2. The highest BCUT2D eigenvalue weighted by atomic mass is 16.5. The molecular weight excluding hydrogens is 368 g/mol. The second-order valence-electron chi connectivity index (χ2n) is 5.51. The highest BCUT2D eigenvalue weighted by Crippen LogP contribution is 2.32. The van der Waals surface area contributed by atoms with Gasteiger partial charge in [0.25, 0.3) is 0 Å². The first-order valence-corrected chi connectivity index (χ1v) is 8.37. The highest BCUT2D eigenvalue weighted by molar-refractivity contribution is 5.95. The van der Waals surface area contributed by atoms with Crippen LogP contribution in [0, 0.1) is 20.8 Å². The van der Waals surface area contributed by atoms with Gasteiger partial charge >= 0.3 is 11.9 Å². The van der Waals surface area contributed by atoms with E-state index in [0.717, 1.165) is 6.07 Å². The van der Waals surface area contributed by atoms with Crippen LogP contribution < -0.4 is 0 Å². The van der Waals surface area contributed by atoms with Gasteiger partial charge in [0.15, 0.2) is 0 Å². The Hall–Kier alpha value is -3.42. The van der Waals surface area contributed by atoms with Gasteiger partial charge in [-0.05, 0) is 44.0 Å². The molecule has 28 heavy (non-hydrogen) atoms. The summed E-state index contributed by atoms with van der Waals surface area (Å²) in [6.45, 7) is 8.64. The summed E-state index contributed by atoms with van der Waals surface area (Å²) >= 11 is 0. The summed E-state index contributed by atoms with van der Waals surface area (Å²) in [5, 5.41) is 45.6. The lowest BCUT2D eigenvalue weighted by atomic mass is 10.0. The average molecular weight is 394 g/mol. The molecule has 0 saturated carbocycles. The molecule has 0 aromatic heterocycles. The number of esters is 1. The number of aryl methyl sites for hydroxylation is 2. The molecule has 0 aliphatic heterocycles. The van der Waals surface area contributed by atoms with Crippen LogP contribution in [0.3, 0.4) is 0 Å². The number of carboxylic acids is 1. The Morgan fingerprint density at radius 1 is 0.821 bits per heavy atom. The van der Waals surface area contributed by atoms with Crippen LogP contribution in [0.15, 0.2) is 18.2 Å². The number of carbonyl (C=O) groups excluding carboxylic acids is 1. The van der Waals surface area contributed by atoms with Crippen LogP contribution in [-0.4, -0.2) is 44.6 Å². The van der Waals surface area contributed by atoms with Gasteiger partial charge in [-0.15, -0.1) is 0 Å². The van der Waals surface area contributed by atoms with E-state index in [2.05, 4.69) is 4.74 Å². The molecule has 0 saturated heterocycles. The number of hydrogen-bond donors (Lipinski definition) is 5. The number of aromatic hydroxyl groups is 4. The van der Waals surface area contributed by atoms with Crippen LogP contribution in [0.4, 0.5) is 0 Å². The van der Waals surface area contributed by atoms with Crippen molar-refractivity contribution in [3.05, 3.63) is 46.0 Å². The Bertz CT molecular complexity index is 833. The molecule has 0 aliphatic rings. The Kier molecular flexibility index (Phi) is 9.36. The lowest BCUT2D eigenvalue weighted by Crippen LogP contribution is -2.05. The number of carboxylic acid groups (broad SMARTS) is 1. The molecule has 2 rings (SSSR count). The number of methoxy groups -OCH3 is 1. The molecule has 8 nitrogen and oxygen atoms in total. The van der Waals surface area contributed by atoms with Crippen molar-refractivity contribution >= 4 is 11.9 Å². The zero-order valence-electron chi connectivity index (χ0n) is 16.7. The molecule has 8 heteroatoms. The van der Waals surface area contributed by atoms with Crippen molar-refractivity contribution in [2.45, 2.75) is 34.6 Å². The van der Waals surface area contributed by atoms with Crippen LogP contribution in [0.1, 0.15) is 51.3 Å². The van der Waals surface area contributed by atoms with Crippen molar-refractivity contribution < 1.29 is 39.9 Å². The van der Waals surface area contributed by atoms with E-state index in [4.69, 9.17) is 15.3 Å². The van der Waals surface area contributed by atoms with E-state index >= 15 is 0 Å². The van der Waals surface area contributed by atoms with Crippen LogP contribution in [0.5, 0.6) is 23.0 Å². The second kappa shape index (κ2) is 10.7. The summed E-state index contributed by atoms with van der Waals surface area (Å²) in [5.41, 5.74) is 1.02. The first kappa shape index (κ1) is 24.6. The third-order valence-corrected chi connectivity index (χ3v) is 3.63. The van der Waals surface area contributed by atoms with Crippen LogP contribution in [0.25, 0.3) is 0 Å². The van der Waals surface area contributed by atoms with Crippen LogP contribution in [0.2, 0.25) is 0 Å². The summed E-state index contributed by atoms with van der Waals surface area (Å²) < 4.78 is 4.51. The van der Waals surface area contributed by atoms with Gasteiger partial charge in [-0.2, -0.15) is 0 Å². The van der Waals surface area contributed by atoms with Gasteiger partial charge in [-0.1, -0.05) is 13.8 Å². The standard InChI is InChI=1S/C10H12O4.C8H8O4.C2H6/c1-5-4-7(11)6(2)9(12)8(5)10(13)14-3;1-4-2-5(9)3-6(10)7(4)8(11)12;1-2/h4,11-12H,1-3H3;2-3,9-10H,1H3,(H,11,12);1-2H3. The fraction of sp³-hybridized carbons (Fsp3) is 0.300. The molecule has 0 radical (unpaired) electrons. The number of benzene rings is 2. The maximum atomic E-state index is 11.3. The van der Waals surface area contributed by atoms with E-state index in [9.17, 15) is 19.8 Å². The van der Waals surface area contributed by atoms with Crippen molar-refractivity contribution in [2.75, 3.05) is 7.11 Å². The van der Waals surface area contributed by atoms with Gasteiger partial charge in [-0.3, -0.25) is 0 Å². The number of carbonyl (C=O) groups is 2. The molecule has 0 amide bonds. The van der Waals surface area contributed by atoms with Gasteiger partial charge in [0.05, 0.1) is 7.11 Å². The molecule has 0 heterocycles. The molecule has 154 valence electrons. The highest BCUT2D eigenvalue weighted by Gasteiger charge is 2.18. The minimum absolute atomic E-state index is 0.0346. The van der Waals surface area contributed by atoms with Crippen molar-refractivity contribution in [2.24, 2.45) is 0 Å². The van der Waals surface area contributed by atoms with Crippen molar-refractivity contribution in [3.63, 3.8) is 0 Å². The van der Waals surface area contributed by atoms with Crippen molar-refractivity contribution in [3.8, 4) is 23.0 Å². The zero-order valence-corrected chi connectivity index (χ0v) is 16.7. The van der Waals surface area contributed by atoms with Gasteiger partial charge in [0.2, 0.25) is 0 Å². The van der Waals surface area contributed by atoms with Crippen molar-refractivity contribution in [1.82, 2.24) is 0 Å². The fourth-order valence-electron chi connectivity index (χ4n) is 2.27. The SMILES string of the molecule is CC.COC(=O)c1c(C)cc(O)c(C)c1O.Cc1cc(O)cc(O)c1C(=O)O. The first-order valence-electron chi connectivity index (χ1n) is 8.37. The molecule has 0 atom stereocenters. The number of hydrogen-bond acceptors (Lipinski definition) is 7. The molecular formula is C20H26O8. The van der Waals surface area contributed by atoms with E-state index in [0.29, 0.717) is 11.1 Å². The maximum Gasteiger partial charge on any atom is 0.341 e. The Labute approximate surface area is 163 Å². The molecule has 0 fully saturated rings. The van der Waals surface area contributed by atoms with E-state index in [1.165, 1.54) is 33.1 Å². The lowest BCUT2D eigenvalue weighted by molar-refractivity contribution is 0.0595. The Morgan fingerprint density at radius 2 is 1.32 bits per heavy atom. The van der Waals surface area contributed by atoms with E-state index in [1.54, 1.807) is 6.92 Å². The predicted molar refractivity (Wildman–Crippen MR) is 103 cm³/mol. The van der Waals surface area contributed by atoms with Crippen molar-refractivity contribution in [1.29, 1.82) is 0 Å². The molecule has 0 aliphatic carbocycles. The normalized spacial score (nSPS) is 9.36. The van der Waals surface area contributed by atoms with E-state index < -0.39 is 17.7 Å². The summed E-state index contributed by atoms with van der Waals surface area (Å²) in [4.78, 5) is 21.8. The molecule has 0 spiro atoms. The smallest absolute Gasteiger partial charge is 0.341 e. The second-order valence-corrected chi connectivity index (χ2v) is 5.51. The number of ether oxygens (including phenoxy) is 1. The largest absolute Gasteiger partial charge is 0.508 e. The molecule has 2 aromatic carbocycles. The first-order chi connectivity index (χ1) is 13.0. The Morgan fingerprint density at radius 3 is 1.75 bits per heavy atom. The third kappa shape index (κ3) is 5.80. The van der Waals surface area contributed by atoms with E-state index in [1.807, 2.05) is 13.8 Å². The van der Waals surface area contributed by atoms with Gasteiger partial charge in [0, 0.05) is 11.6 Å². The van der Waals surface area contributed by atoms with Crippen LogP contribution in [-0.2, 0) is 4.74 Å². The van der Waals surface area contributed by atoms with E-state index in [-0.39, 0.29) is 33.9 Å². The van der Waals surface area contributed by atoms with Gasteiger partial charge in [-0.25, -0.2) is 9.59 Å². The third-order valence-electron chi connectivity index (χ3n) is 3.63. The predicted octanol–water partition coefficient (Wildman–Crippen LogP) is 3.63. The quantitative estimate of drug-likeness (QED) is 0.486. The summed E-state index contributed by atoms with van der Waals surface area (Å²) in [5.74, 6) is -2.63. The number of rotatable bonds is 2. The monoisotopic (exact) mass is 394 g/mol. The van der Waals surface area contributed by atoms with Gasteiger partial charge in [0.1, 0.15) is 34.1 Å². The average Bonchev–Trinajstić information content (AvgIpc) is 2.60. The molecule has 0 unspecified atom stereocenters. The molecule has 0 bridgehead atoms. The fourth-order valence-corrected chi connectivity index (χ4v) is 2.27. The summed E-state index contributed by atoms with van der Waals surface area (Å²) in [7, 11) is 1.24. The van der Waals surface area contributed by atoms with Gasteiger partial charge < -0.3 is 30.3 Å². The number of phenols is 4. The summed E-state index contributed by atoms with van der Waals surface area (Å²) in [6, 6.07) is 3.70. The minimum atomic E-state index is -1.20. The summed E-state index contributed by atoms with van der Waals surface area (Å²) in [6.07, 6.45) is 0. The molecule has 5 N–H and O–H groups in total. The van der Waals surface area contributed by atoms with Crippen LogP contribution >= 0.6 is 0 Å². The number of aromatic carboxylic acids is 1. The Balaban J connectivity index is 0.000000483.